The molecule has 3 aromatic rings. The normalized spacial score (nSPS) is 17.1. The van der Waals surface area contributed by atoms with E-state index in [4.69, 9.17) is 5.10 Å². The van der Waals surface area contributed by atoms with E-state index in [1.807, 2.05) is 18.3 Å². The average Bonchev–Trinajstić information content (AvgIpc) is 3.08. The van der Waals surface area contributed by atoms with Crippen molar-refractivity contribution < 1.29 is 0 Å². The Hall–Kier alpha value is -2.43. The Kier molecular flexibility index (Phi) is 4.75. The summed E-state index contributed by atoms with van der Waals surface area (Å²) in [5.41, 5.74) is 6.79. The lowest BCUT2D eigenvalue weighted by Gasteiger charge is -2.37. The van der Waals surface area contributed by atoms with Gasteiger partial charge in [0.25, 0.3) is 0 Å². The number of nitrogens with zero attached hydrogens (tertiary/aromatic N) is 3. The smallest absolute Gasteiger partial charge is 0.0615 e. The lowest BCUT2D eigenvalue weighted by Crippen LogP contribution is -2.45. The van der Waals surface area contributed by atoms with Gasteiger partial charge in [0.1, 0.15) is 0 Å². The molecule has 1 heterocycles. The maximum Gasteiger partial charge on any atom is 0.0615 e. The van der Waals surface area contributed by atoms with Gasteiger partial charge in [0.15, 0.2) is 0 Å². The number of fused-ring (bicyclic) bond motifs is 3. The summed E-state index contributed by atoms with van der Waals surface area (Å²) in [4.78, 5) is 2.61. The number of piperazine rings is 1. The van der Waals surface area contributed by atoms with Gasteiger partial charge in [-0.25, -0.2) is 0 Å². The first-order valence-electron chi connectivity index (χ1n) is 9.76. The molecule has 1 aliphatic carbocycles. The summed E-state index contributed by atoms with van der Waals surface area (Å²) < 4.78 is 1.09. The predicted molar refractivity (Wildman–Crippen MR) is 119 cm³/mol. The Morgan fingerprint density at radius 3 is 1.93 bits per heavy atom. The minimum Gasteiger partial charge on any atom is -0.294 e. The minimum absolute atomic E-state index is 0.366. The first-order valence-corrected chi connectivity index (χ1v) is 10.6. The number of hydrazone groups is 1. The van der Waals surface area contributed by atoms with E-state index in [0.29, 0.717) is 6.04 Å². The molecule has 0 N–H and O–H groups in total. The molecular weight excluding hydrogens is 410 g/mol. The maximum absolute atomic E-state index is 4.70. The van der Waals surface area contributed by atoms with Crippen molar-refractivity contribution >= 4 is 22.1 Å². The molecule has 0 bridgehead atoms. The van der Waals surface area contributed by atoms with Crippen molar-refractivity contribution in [1.82, 2.24) is 9.91 Å². The van der Waals surface area contributed by atoms with Gasteiger partial charge in [-0.05, 0) is 39.9 Å². The summed E-state index contributed by atoms with van der Waals surface area (Å²) in [7, 11) is 0. The third-order valence-corrected chi connectivity index (χ3v) is 6.23. The van der Waals surface area contributed by atoms with Gasteiger partial charge in [0.05, 0.1) is 12.3 Å². The topological polar surface area (TPSA) is 18.8 Å². The fourth-order valence-corrected chi connectivity index (χ4v) is 4.57. The van der Waals surface area contributed by atoms with Crippen LogP contribution in [0.5, 0.6) is 0 Å². The van der Waals surface area contributed by atoms with Crippen LogP contribution in [0.15, 0.2) is 82.4 Å². The number of hydrogen-bond donors (Lipinski definition) is 0. The summed E-state index contributed by atoms with van der Waals surface area (Å²) in [6.45, 7) is 3.94. The SMILES string of the molecule is Brc1ccc(/C=N\N2CCN(C3c4ccccc4-c4ccccc43)CC2)cc1. The second-order valence-corrected chi connectivity index (χ2v) is 8.28. The zero-order chi connectivity index (χ0) is 18.9. The van der Waals surface area contributed by atoms with E-state index >= 15 is 0 Å². The van der Waals surface area contributed by atoms with E-state index in [1.165, 1.54) is 22.3 Å². The number of hydrogen-bond acceptors (Lipinski definition) is 3. The lowest BCUT2D eigenvalue weighted by atomic mass is 10.0. The van der Waals surface area contributed by atoms with Crippen LogP contribution in [0.4, 0.5) is 0 Å². The number of benzene rings is 3. The molecule has 1 fully saturated rings. The van der Waals surface area contributed by atoms with Crippen LogP contribution >= 0.6 is 15.9 Å². The fourth-order valence-electron chi connectivity index (χ4n) is 4.30. The standard InChI is InChI=1S/C24H22BrN3/c25-19-11-9-18(10-12-19)17-26-28-15-13-27(14-16-28)24-22-7-3-1-5-20(22)21-6-2-4-8-23(21)24/h1-12,17,24H,13-16H2/b26-17-. The molecule has 3 nitrogen and oxygen atoms in total. The summed E-state index contributed by atoms with van der Waals surface area (Å²) in [5, 5.41) is 6.88. The number of halogens is 1. The Balaban J connectivity index is 1.31. The van der Waals surface area contributed by atoms with E-state index < -0.39 is 0 Å². The van der Waals surface area contributed by atoms with E-state index in [1.54, 1.807) is 0 Å². The summed E-state index contributed by atoms with van der Waals surface area (Å²) in [6, 6.07) is 26.3. The van der Waals surface area contributed by atoms with Crippen molar-refractivity contribution in [2.45, 2.75) is 6.04 Å². The molecule has 0 atom stereocenters. The van der Waals surface area contributed by atoms with Gasteiger partial charge in [-0.3, -0.25) is 9.91 Å². The maximum atomic E-state index is 4.70. The molecule has 0 aromatic heterocycles. The highest BCUT2D eigenvalue weighted by atomic mass is 79.9. The van der Waals surface area contributed by atoms with Crippen LogP contribution in [-0.4, -0.2) is 42.3 Å². The van der Waals surface area contributed by atoms with Crippen LogP contribution < -0.4 is 0 Å². The highest BCUT2D eigenvalue weighted by Gasteiger charge is 2.33. The summed E-state index contributed by atoms with van der Waals surface area (Å²) >= 11 is 3.47. The van der Waals surface area contributed by atoms with Gasteiger partial charge in [-0.2, -0.15) is 5.10 Å². The summed E-state index contributed by atoms with van der Waals surface area (Å²) in [6.07, 6.45) is 1.96. The lowest BCUT2D eigenvalue weighted by molar-refractivity contribution is 0.114. The molecule has 0 amide bonds. The van der Waals surface area contributed by atoms with Crippen molar-refractivity contribution in [2.75, 3.05) is 26.2 Å². The van der Waals surface area contributed by atoms with E-state index in [-0.39, 0.29) is 0 Å². The van der Waals surface area contributed by atoms with Crippen LogP contribution in [0.3, 0.4) is 0 Å². The van der Waals surface area contributed by atoms with Gasteiger partial charge < -0.3 is 0 Å². The molecule has 0 spiro atoms. The summed E-state index contributed by atoms with van der Waals surface area (Å²) in [5.74, 6) is 0. The third kappa shape index (κ3) is 3.27. The van der Waals surface area contributed by atoms with Crippen molar-refractivity contribution in [3.05, 3.63) is 94.0 Å². The molecule has 0 radical (unpaired) electrons. The molecular formula is C24H22BrN3. The van der Waals surface area contributed by atoms with Crippen molar-refractivity contribution in [1.29, 1.82) is 0 Å². The highest BCUT2D eigenvalue weighted by Crippen LogP contribution is 2.46. The molecule has 5 rings (SSSR count). The average molecular weight is 432 g/mol. The fraction of sp³-hybridized carbons (Fsp3) is 0.208. The second-order valence-electron chi connectivity index (χ2n) is 7.36. The van der Waals surface area contributed by atoms with Gasteiger partial charge in [-0.15, -0.1) is 0 Å². The first-order chi connectivity index (χ1) is 13.8. The van der Waals surface area contributed by atoms with Crippen molar-refractivity contribution in [2.24, 2.45) is 5.10 Å². The van der Waals surface area contributed by atoms with E-state index in [2.05, 4.69) is 86.5 Å². The Morgan fingerprint density at radius 1 is 0.750 bits per heavy atom. The highest BCUT2D eigenvalue weighted by molar-refractivity contribution is 9.10. The third-order valence-electron chi connectivity index (χ3n) is 5.70. The van der Waals surface area contributed by atoms with Crippen LogP contribution in [0.1, 0.15) is 22.7 Å². The Bertz CT molecular complexity index is 959. The Labute approximate surface area is 174 Å². The zero-order valence-corrected chi connectivity index (χ0v) is 17.2. The van der Waals surface area contributed by atoms with Gasteiger partial charge in [0.2, 0.25) is 0 Å². The van der Waals surface area contributed by atoms with Gasteiger partial charge in [0, 0.05) is 30.7 Å². The van der Waals surface area contributed by atoms with Crippen molar-refractivity contribution in [3.8, 4) is 11.1 Å². The molecule has 28 heavy (non-hydrogen) atoms. The zero-order valence-electron chi connectivity index (χ0n) is 15.6. The molecule has 1 saturated heterocycles. The van der Waals surface area contributed by atoms with Crippen LogP contribution in [0.2, 0.25) is 0 Å². The van der Waals surface area contributed by atoms with Gasteiger partial charge in [-0.1, -0.05) is 76.6 Å². The molecule has 1 aliphatic heterocycles. The minimum atomic E-state index is 0.366. The molecule has 0 saturated carbocycles. The van der Waals surface area contributed by atoms with E-state index in [9.17, 15) is 0 Å². The molecule has 3 aromatic carbocycles. The largest absolute Gasteiger partial charge is 0.294 e. The monoisotopic (exact) mass is 431 g/mol. The first kappa shape index (κ1) is 17.7. The molecule has 140 valence electrons. The molecule has 0 unspecified atom stereocenters. The van der Waals surface area contributed by atoms with E-state index in [0.717, 1.165) is 36.2 Å². The predicted octanol–water partition coefficient (Wildman–Crippen LogP) is 5.17. The Morgan fingerprint density at radius 2 is 1.32 bits per heavy atom. The molecule has 4 heteroatoms. The number of rotatable bonds is 3. The van der Waals surface area contributed by atoms with Crippen LogP contribution in [0.25, 0.3) is 11.1 Å². The van der Waals surface area contributed by atoms with Crippen LogP contribution in [-0.2, 0) is 0 Å². The van der Waals surface area contributed by atoms with Crippen LogP contribution in [0, 0.1) is 0 Å². The second kappa shape index (κ2) is 7.53. The van der Waals surface area contributed by atoms with Gasteiger partial charge >= 0.3 is 0 Å². The quantitative estimate of drug-likeness (QED) is 0.532. The van der Waals surface area contributed by atoms with Crippen molar-refractivity contribution in [3.63, 3.8) is 0 Å². The molecule has 2 aliphatic rings.